The van der Waals surface area contributed by atoms with Crippen molar-refractivity contribution in [2.24, 2.45) is 5.92 Å². The molecule has 1 saturated heterocycles. The number of methoxy groups -OCH3 is 2. The fourth-order valence-corrected chi connectivity index (χ4v) is 3.77. The molecule has 1 unspecified atom stereocenters. The first-order chi connectivity index (χ1) is 8.05. The van der Waals surface area contributed by atoms with Gasteiger partial charge in [-0.05, 0) is 38.2 Å². The summed E-state index contributed by atoms with van der Waals surface area (Å²) in [5, 5.41) is 0. The maximum atomic E-state index is 11.9. The van der Waals surface area contributed by atoms with Crippen LogP contribution in [0.5, 0.6) is 0 Å². The molecule has 1 aliphatic heterocycles. The van der Waals surface area contributed by atoms with Gasteiger partial charge in [0.05, 0.1) is 11.2 Å². The lowest BCUT2D eigenvalue weighted by Crippen LogP contribution is -2.50. The molecular weight excluding hydrogens is 220 g/mol. The zero-order chi connectivity index (χ0) is 12.3. The highest BCUT2D eigenvalue weighted by Crippen LogP contribution is 2.56. The monoisotopic (exact) mass is 238 g/mol. The van der Waals surface area contributed by atoms with Crippen LogP contribution in [0.1, 0.15) is 26.2 Å². The zero-order valence-corrected chi connectivity index (χ0v) is 10.5. The number of hydrogen-bond donors (Lipinski definition) is 0. The molecule has 1 heterocycles. The fraction of sp³-hybridized carbons (Fsp3) is 0.769. The Morgan fingerprint density at radius 3 is 2.76 bits per heavy atom. The highest BCUT2D eigenvalue weighted by atomic mass is 16.6. The van der Waals surface area contributed by atoms with Gasteiger partial charge in [0.2, 0.25) is 0 Å². The molecule has 4 atom stereocenters. The third-order valence-corrected chi connectivity index (χ3v) is 4.66. The number of carbonyl (C=O) groups excluding carboxylic acids is 1. The van der Waals surface area contributed by atoms with Crippen molar-refractivity contribution in [2.45, 2.75) is 43.5 Å². The Bertz CT molecular complexity index is 402. The number of ether oxygens (including phenoxy) is 3. The van der Waals surface area contributed by atoms with Crippen LogP contribution >= 0.6 is 0 Å². The van der Waals surface area contributed by atoms with Crippen molar-refractivity contribution >= 4 is 5.97 Å². The van der Waals surface area contributed by atoms with E-state index in [0.29, 0.717) is 11.5 Å². The highest BCUT2D eigenvalue weighted by molar-refractivity contribution is 5.94. The van der Waals surface area contributed by atoms with Crippen molar-refractivity contribution in [2.75, 3.05) is 14.2 Å². The Morgan fingerprint density at radius 2 is 2.12 bits per heavy atom. The Morgan fingerprint density at radius 1 is 1.35 bits per heavy atom. The molecule has 0 aromatic heterocycles. The number of carbonyl (C=O) groups is 1. The SMILES string of the molecule is CO[C@@]1(C)C=C2C(=O)O[C@@H]3CCC(C1)[C@]23OC. The molecule has 2 fully saturated rings. The van der Waals surface area contributed by atoms with Crippen LogP contribution in [0.15, 0.2) is 11.6 Å². The molecule has 2 aliphatic carbocycles. The van der Waals surface area contributed by atoms with E-state index in [-0.39, 0.29) is 17.7 Å². The van der Waals surface area contributed by atoms with Crippen molar-refractivity contribution < 1.29 is 19.0 Å². The van der Waals surface area contributed by atoms with Gasteiger partial charge < -0.3 is 14.2 Å². The molecule has 17 heavy (non-hydrogen) atoms. The lowest BCUT2D eigenvalue weighted by molar-refractivity contribution is -0.141. The van der Waals surface area contributed by atoms with E-state index in [0.717, 1.165) is 19.3 Å². The van der Waals surface area contributed by atoms with Crippen molar-refractivity contribution in [3.63, 3.8) is 0 Å². The Balaban J connectivity index is 2.14. The minimum Gasteiger partial charge on any atom is -0.455 e. The smallest absolute Gasteiger partial charge is 0.337 e. The number of hydrogen-bond acceptors (Lipinski definition) is 4. The van der Waals surface area contributed by atoms with Gasteiger partial charge in [-0.1, -0.05) is 0 Å². The van der Waals surface area contributed by atoms with Crippen molar-refractivity contribution in [1.29, 1.82) is 0 Å². The van der Waals surface area contributed by atoms with Gasteiger partial charge in [-0.2, -0.15) is 0 Å². The molecular formula is C13H18O4. The summed E-state index contributed by atoms with van der Waals surface area (Å²) in [7, 11) is 3.36. The standard InChI is InChI=1S/C13H18O4/c1-12(15-2)6-8-4-5-10-13(8,16-3)9(7-12)11(14)17-10/h7-8,10H,4-6H2,1-3H3/t8?,10-,12-,13+/m1/s1. The number of esters is 1. The Labute approximate surface area is 101 Å². The highest BCUT2D eigenvalue weighted by Gasteiger charge is 2.65. The quantitative estimate of drug-likeness (QED) is 0.683. The van der Waals surface area contributed by atoms with E-state index >= 15 is 0 Å². The van der Waals surface area contributed by atoms with Crippen LogP contribution < -0.4 is 0 Å². The van der Waals surface area contributed by atoms with Gasteiger partial charge >= 0.3 is 5.97 Å². The minimum absolute atomic E-state index is 0.0994. The molecule has 0 N–H and O–H groups in total. The predicted molar refractivity (Wildman–Crippen MR) is 60.5 cm³/mol. The maximum Gasteiger partial charge on any atom is 0.337 e. The van der Waals surface area contributed by atoms with Gasteiger partial charge in [0.15, 0.2) is 0 Å². The summed E-state index contributed by atoms with van der Waals surface area (Å²) in [5.41, 5.74) is -0.210. The molecule has 3 aliphatic rings. The summed E-state index contributed by atoms with van der Waals surface area (Å²) < 4.78 is 16.7. The summed E-state index contributed by atoms with van der Waals surface area (Å²) >= 11 is 0. The van der Waals surface area contributed by atoms with Crippen LogP contribution in [-0.4, -0.2) is 37.5 Å². The first-order valence-electron chi connectivity index (χ1n) is 6.10. The first kappa shape index (κ1) is 11.2. The van der Waals surface area contributed by atoms with Crippen molar-refractivity contribution in [3.8, 4) is 0 Å². The summed E-state index contributed by atoms with van der Waals surface area (Å²) in [5.74, 6) is 0.0819. The summed E-state index contributed by atoms with van der Waals surface area (Å²) in [6.07, 6.45) is 4.61. The molecule has 3 rings (SSSR count). The largest absolute Gasteiger partial charge is 0.455 e. The summed E-state index contributed by atoms with van der Waals surface area (Å²) in [6.45, 7) is 2.01. The van der Waals surface area contributed by atoms with E-state index < -0.39 is 5.60 Å². The van der Waals surface area contributed by atoms with E-state index in [1.54, 1.807) is 14.2 Å². The molecule has 1 saturated carbocycles. The van der Waals surface area contributed by atoms with Gasteiger partial charge in [0.1, 0.15) is 11.7 Å². The molecule has 0 aromatic rings. The third-order valence-electron chi connectivity index (χ3n) is 4.66. The second kappa shape index (κ2) is 3.33. The zero-order valence-electron chi connectivity index (χ0n) is 10.5. The lowest BCUT2D eigenvalue weighted by Gasteiger charge is -2.42. The topological polar surface area (TPSA) is 44.8 Å². The molecule has 94 valence electrons. The predicted octanol–water partition coefficient (Wildman–Crippen LogP) is 1.44. The van der Waals surface area contributed by atoms with E-state index in [9.17, 15) is 4.79 Å². The van der Waals surface area contributed by atoms with Gasteiger partial charge in [-0.15, -0.1) is 0 Å². The van der Waals surface area contributed by atoms with Gasteiger partial charge in [0.25, 0.3) is 0 Å². The maximum absolute atomic E-state index is 11.9. The molecule has 0 bridgehead atoms. The second-order valence-electron chi connectivity index (χ2n) is 5.44. The van der Waals surface area contributed by atoms with E-state index in [1.165, 1.54) is 0 Å². The van der Waals surface area contributed by atoms with Crippen LogP contribution in [-0.2, 0) is 19.0 Å². The third kappa shape index (κ3) is 1.23. The molecule has 0 aromatic carbocycles. The molecule has 0 amide bonds. The van der Waals surface area contributed by atoms with Gasteiger partial charge in [0, 0.05) is 14.2 Å². The average molecular weight is 238 g/mol. The van der Waals surface area contributed by atoms with Crippen LogP contribution in [0, 0.1) is 5.92 Å². The summed E-state index contributed by atoms with van der Waals surface area (Å²) in [4.78, 5) is 11.9. The van der Waals surface area contributed by atoms with Crippen molar-refractivity contribution in [3.05, 3.63) is 11.6 Å². The molecule has 0 spiro atoms. The normalized spacial score (nSPS) is 47.7. The number of rotatable bonds is 2. The first-order valence-corrected chi connectivity index (χ1v) is 6.10. The molecule has 4 nitrogen and oxygen atoms in total. The summed E-state index contributed by atoms with van der Waals surface area (Å²) in [6, 6.07) is 0. The van der Waals surface area contributed by atoms with Crippen LogP contribution in [0.2, 0.25) is 0 Å². The average Bonchev–Trinajstić information content (AvgIpc) is 2.79. The van der Waals surface area contributed by atoms with Crippen molar-refractivity contribution in [1.82, 2.24) is 0 Å². The van der Waals surface area contributed by atoms with E-state index in [1.807, 2.05) is 13.0 Å². The fourth-order valence-electron chi connectivity index (χ4n) is 3.77. The van der Waals surface area contributed by atoms with Crippen LogP contribution in [0.4, 0.5) is 0 Å². The van der Waals surface area contributed by atoms with E-state index in [4.69, 9.17) is 14.2 Å². The van der Waals surface area contributed by atoms with Crippen LogP contribution in [0.3, 0.4) is 0 Å². The van der Waals surface area contributed by atoms with Crippen LogP contribution in [0.25, 0.3) is 0 Å². The Kier molecular flexibility index (Phi) is 2.20. The Hall–Kier alpha value is -0.870. The molecule has 4 heteroatoms. The lowest BCUT2D eigenvalue weighted by atomic mass is 9.71. The van der Waals surface area contributed by atoms with E-state index in [2.05, 4.69) is 0 Å². The van der Waals surface area contributed by atoms with Gasteiger partial charge in [-0.3, -0.25) is 0 Å². The minimum atomic E-state index is -0.505. The van der Waals surface area contributed by atoms with Gasteiger partial charge in [-0.25, -0.2) is 4.79 Å². The molecule has 0 radical (unpaired) electrons. The second-order valence-corrected chi connectivity index (χ2v) is 5.44.